The molecule has 5 aromatic rings. The molecular formula is C26H19BrN4O5. The molecule has 0 radical (unpaired) electrons. The zero-order chi connectivity index (χ0) is 25.4. The number of hydrogen-bond donors (Lipinski definition) is 0. The van der Waals surface area contributed by atoms with Crippen molar-refractivity contribution in [1.29, 1.82) is 0 Å². The maximum absolute atomic E-state index is 13.4. The van der Waals surface area contributed by atoms with Crippen molar-refractivity contribution in [3.05, 3.63) is 97.2 Å². The molecule has 0 fully saturated rings. The summed E-state index contributed by atoms with van der Waals surface area (Å²) in [5, 5.41) is 17.2. The predicted octanol–water partition coefficient (Wildman–Crippen LogP) is 6.15. The minimum absolute atomic E-state index is 0.158. The largest absolute Gasteiger partial charge is 0.484 e. The second-order valence-corrected chi connectivity index (χ2v) is 9.17. The van der Waals surface area contributed by atoms with E-state index in [2.05, 4.69) is 26.0 Å². The van der Waals surface area contributed by atoms with Crippen molar-refractivity contribution in [3.63, 3.8) is 0 Å². The van der Waals surface area contributed by atoms with E-state index >= 15 is 0 Å². The van der Waals surface area contributed by atoms with Crippen molar-refractivity contribution in [2.45, 2.75) is 20.0 Å². The molecule has 0 aliphatic rings. The highest BCUT2D eigenvalue weighted by Crippen LogP contribution is 2.30. The molecule has 0 aliphatic carbocycles. The van der Waals surface area contributed by atoms with Crippen LogP contribution in [0.2, 0.25) is 0 Å². The number of fused-ring (bicyclic) bond motifs is 2. The van der Waals surface area contributed by atoms with Gasteiger partial charge in [-0.3, -0.25) is 14.9 Å². The van der Waals surface area contributed by atoms with Crippen LogP contribution in [0.1, 0.15) is 19.4 Å². The Morgan fingerprint density at radius 1 is 1.14 bits per heavy atom. The van der Waals surface area contributed by atoms with Gasteiger partial charge >= 0.3 is 5.69 Å². The number of para-hydroxylation sites is 1. The van der Waals surface area contributed by atoms with Crippen LogP contribution in [0, 0.1) is 10.1 Å². The van der Waals surface area contributed by atoms with E-state index in [1.165, 1.54) is 18.3 Å². The van der Waals surface area contributed by atoms with Gasteiger partial charge in [0.2, 0.25) is 5.82 Å². The Balaban J connectivity index is 1.66. The van der Waals surface area contributed by atoms with Crippen LogP contribution < -0.4 is 10.3 Å². The van der Waals surface area contributed by atoms with Gasteiger partial charge in [0.05, 0.1) is 28.1 Å². The van der Waals surface area contributed by atoms with Gasteiger partial charge in [-0.2, -0.15) is 9.78 Å². The van der Waals surface area contributed by atoms with E-state index in [1.807, 2.05) is 18.2 Å². The van der Waals surface area contributed by atoms with Crippen molar-refractivity contribution in [1.82, 2.24) is 9.66 Å². The van der Waals surface area contributed by atoms with Crippen LogP contribution in [-0.2, 0) is 0 Å². The van der Waals surface area contributed by atoms with Gasteiger partial charge in [0.15, 0.2) is 11.5 Å². The monoisotopic (exact) mass is 546 g/mol. The number of ether oxygens (including phenoxy) is 1. The number of nitro benzene ring substituents is 1. The van der Waals surface area contributed by atoms with Gasteiger partial charge < -0.3 is 9.15 Å². The standard InChI is InChI=1S/C26H19BrN4O5/c1-15(2)35-23-9-7-16(11-21(23)31(33)34)14-28-30-25(29-20-6-4-3-5-19(20)26(30)32)24-13-17-12-18(27)8-10-22(17)36-24/h3-15H,1-2H3. The Labute approximate surface area is 212 Å². The first-order valence-electron chi connectivity index (χ1n) is 11.0. The minimum Gasteiger partial charge on any atom is -0.484 e. The SMILES string of the molecule is CC(C)Oc1ccc(C=Nn2c(-c3cc4cc(Br)ccc4o3)nc3ccccc3c2=O)cc1[N+](=O)[O-]. The first-order valence-corrected chi connectivity index (χ1v) is 11.8. The summed E-state index contributed by atoms with van der Waals surface area (Å²) in [6.45, 7) is 3.58. The van der Waals surface area contributed by atoms with E-state index in [9.17, 15) is 14.9 Å². The summed E-state index contributed by atoms with van der Waals surface area (Å²) in [7, 11) is 0. The molecular weight excluding hydrogens is 528 g/mol. The molecule has 0 saturated carbocycles. The Bertz CT molecular complexity index is 1720. The fraction of sp³-hybridized carbons (Fsp3) is 0.115. The summed E-state index contributed by atoms with van der Waals surface area (Å²) in [5.74, 6) is 0.720. The third-order valence-electron chi connectivity index (χ3n) is 5.32. The summed E-state index contributed by atoms with van der Waals surface area (Å²) < 4.78 is 13.5. The van der Waals surface area contributed by atoms with Crippen molar-refractivity contribution >= 4 is 49.7 Å². The van der Waals surface area contributed by atoms with Gasteiger partial charge in [0.1, 0.15) is 5.58 Å². The number of rotatable bonds is 6. The molecule has 0 spiro atoms. The Morgan fingerprint density at radius 2 is 1.94 bits per heavy atom. The highest BCUT2D eigenvalue weighted by molar-refractivity contribution is 9.10. The van der Waals surface area contributed by atoms with Crippen molar-refractivity contribution in [2.75, 3.05) is 0 Å². The fourth-order valence-electron chi connectivity index (χ4n) is 3.75. The lowest BCUT2D eigenvalue weighted by molar-refractivity contribution is -0.386. The molecule has 2 aromatic heterocycles. The van der Waals surface area contributed by atoms with Crippen LogP contribution in [0.4, 0.5) is 5.69 Å². The van der Waals surface area contributed by atoms with Gasteiger partial charge in [-0.15, -0.1) is 0 Å². The molecule has 10 heteroatoms. The first-order chi connectivity index (χ1) is 17.3. The predicted molar refractivity (Wildman–Crippen MR) is 141 cm³/mol. The molecule has 2 heterocycles. The Hall–Kier alpha value is -4.31. The summed E-state index contributed by atoms with van der Waals surface area (Å²) in [6, 6.07) is 18.8. The zero-order valence-corrected chi connectivity index (χ0v) is 20.8. The van der Waals surface area contributed by atoms with Gasteiger partial charge in [-0.05, 0) is 62.4 Å². The number of aromatic nitrogens is 2. The van der Waals surface area contributed by atoms with Crippen LogP contribution in [-0.4, -0.2) is 26.9 Å². The number of hydrogen-bond acceptors (Lipinski definition) is 7. The topological polar surface area (TPSA) is 113 Å². The van der Waals surface area contributed by atoms with Crippen molar-refractivity contribution < 1.29 is 14.1 Å². The zero-order valence-electron chi connectivity index (χ0n) is 19.2. The molecule has 180 valence electrons. The van der Waals surface area contributed by atoms with E-state index in [4.69, 9.17) is 9.15 Å². The van der Waals surface area contributed by atoms with Crippen LogP contribution >= 0.6 is 15.9 Å². The summed E-state index contributed by atoms with van der Waals surface area (Å²) in [6.07, 6.45) is 1.14. The van der Waals surface area contributed by atoms with Crippen molar-refractivity contribution in [3.8, 4) is 17.3 Å². The third-order valence-corrected chi connectivity index (χ3v) is 5.81. The van der Waals surface area contributed by atoms with Gasteiger partial charge in [-0.25, -0.2) is 4.98 Å². The van der Waals surface area contributed by atoms with E-state index in [-0.39, 0.29) is 23.4 Å². The van der Waals surface area contributed by atoms with E-state index < -0.39 is 10.5 Å². The van der Waals surface area contributed by atoms with Crippen LogP contribution in [0.15, 0.2) is 85.5 Å². The molecule has 0 unspecified atom stereocenters. The lowest BCUT2D eigenvalue weighted by Gasteiger charge is -2.10. The summed E-state index contributed by atoms with van der Waals surface area (Å²) in [5.41, 5.74) is 0.943. The minimum atomic E-state index is -0.517. The van der Waals surface area contributed by atoms with Gasteiger partial charge in [0, 0.05) is 21.5 Å². The lowest BCUT2D eigenvalue weighted by atomic mass is 10.2. The molecule has 0 N–H and O–H groups in total. The third kappa shape index (κ3) is 4.50. The number of halogens is 1. The van der Waals surface area contributed by atoms with Crippen molar-refractivity contribution in [2.24, 2.45) is 5.10 Å². The second-order valence-electron chi connectivity index (χ2n) is 8.26. The van der Waals surface area contributed by atoms with E-state index in [1.54, 1.807) is 50.2 Å². The highest BCUT2D eigenvalue weighted by atomic mass is 79.9. The summed E-state index contributed by atoms with van der Waals surface area (Å²) in [4.78, 5) is 29.1. The normalized spacial score (nSPS) is 11.7. The maximum atomic E-state index is 13.4. The van der Waals surface area contributed by atoms with Crippen LogP contribution in [0.3, 0.4) is 0 Å². The molecule has 3 aromatic carbocycles. The molecule has 0 atom stereocenters. The lowest BCUT2D eigenvalue weighted by Crippen LogP contribution is -2.20. The molecule has 0 saturated heterocycles. The van der Waals surface area contributed by atoms with E-state index in [0.717, 1.165) is 14.5 Å². The number of nitrogens with zero attached hydrogens (tertiary/aromatic N) is 4. The number of benzene rings is 3. The maximum Gasteiger partial charge on any atom is 0.311 e. The molecule has 0 bridgehead atoms. The highest BCUT2D eigenvalue weighted by Gasteiger charge is 2.18. The fourth-order valence-corrected chi connectivity index (χ4v) is 4.13. The number of furan rings is 1. The molecule has 36 heavy (non-hydrogen) atoms. The molecule has 0 aliphatic heterocycles. The Kier molecular flexibility index (Phi) is 6.11. The molecule has 0 amide bonds. The second kappa shape index (κ2) is 9.38. The molecule has 9 nitrogen and oxygen atoms in total. The van der Waals surface area contributed by atoms with Gasteiger partial charge in [-0.1, -0.05) is 28.1 Å². The average molecular weight is 547 g/mol. The first kappa shape index (κ1) is 23.4. The molecule has 5 rings (SSSR count). The van der Waals surface area contributed by atoms with Crippen LogP contribution in [0.5, 0.6) is 5.75 Å². The van der Waals surface area contributed by atoms with E-state index in [0.29, 0.717) is 27.8 Å². The van der Waals surface area contributed by atoms with Crippen LogP contribution in [0.25, 0.3) is 33.5 Å². The Morgan fingerprint density at radius 3 is 2.72 bits per heavy atom. The smallest absolute Gasteiger partial charge is 0.311 e. The number of nitro groups is 1. The van der Waals surface area contributed by atoms with Gasteiger partial charge in [0.25, 0.3) is 5.56 Å². The quantitative estimate of drug-likeness (QED) is 0.143. The summed E-state index contributed by atoms with van der Waals surface area (Å²) >= 11 is 3.45. The average Bonchev–Trinajstić information content (AvgIpc) is 3.26.